The van der Waals surface area contributed by atoms with Crippen LogP contribution in [0.5, 0.6) is 0 Å². The molecule has 0 aliphatic heterocycles. The Morgan fingerprint density at radius 3 is 2.72 bits per heavy atom. The van der Waals surface area contributed by atoms with Gasteiger partial charge in [-0.05, 0) is 50.5 Å². The zero-order valence-corrected chi connectivity index (χ0v) is 12.6. The molecule has 0 spiro atoms. The van der Waals surface area contributed by atoms with Crippen LogP contribution in [0.15, 0.2) is 0 Å². The summed E-state index contributed by atoms with van der Waals surface area (Å²) in [7, 11) is 0. The highest BCUT2D eigenvalue weighted by atomic mass is 32.1. The number of aromatic nitrogens is 1. The van der Waals surface area contributed by atoms with Gasteiger partial charge in [-0.3, -0.25) is 0 Å². The second kappa shape index (κ2) is 4.31. The first-order valence-electron chi connectivity index (χ1n) is 7.29. The van der Waals surface area contributed by atoms with Gasteiger partial charge in [0.05, 0.1) is 11.2 Å². The fourth-order valence-corrected chi connectivity index (χ4v) is 5.03. The Hall–Kier alpha value is -0.410. The molecule has 1 N–H and O–H groups in total. The van der Waals surface area contributed by atoms with Gasteiger partial charge in [-0.2, -0.15) is 0 Å². The molecule has 1 atom stereocenters. The van der Waals surface area contributed by atoms with Crippen LogP contribution < -0.4 is 5.32 Å². The number of hydrogen-bond acceptors (Lipinski definition) is 3. The number of nitrogens with one attached hydrogen (secondary N) is 1. The van der Waals surface area contributed by atoms with E-state index in [0.717, 1.165) is 6.54 Å². The van der Waals surface area contributed by atoms with Crippen molar-refractivity contribution in [3.63, 3.8) is 0 Å². The minimum absolute atomic E-state index is 0.174. The summed E-state index contributed by atoms with van der Waals surface area (Å²) in [5, 5.41) is 5.14. The van der Waals surface area contributed by atoms with Gasteiger partial charge in [0.15, 0.2) is 0 Å². The molecular weight excluding hydrogens is 240 g/mol. The Morgan fingerprint density at radius 2 is 2.11 bits per heavy atom. The summed E-state index contributed by atoms with van der Waals surface area (Å²) in [6.07, 6.45) is 7.58. The Balaban J connectivity index is 1.94. The highest BCUT2D eigenvalue weighted by Crippen LogP contribution is 2.50. The molecule has 1 heterocycles. The van der Waals surface area contributed by atoms with Crippen molar-refractivity contribution in [2.45, 2.75) is 64.8 Å². The van der Waals surface area contributed by atoms with E-state index in [1.807, 2.05) is 11.3 Å². The van der Waals surface area contributed by atoms with Crippen molar-refractivity contribution in [2.75, 3.05) is 6.54 Å². The summed E-state index contributed by atoms with van der Waals surface area (Å²) in [5.74, 6) is 0. The fraction of sp³-hybridized carbons (Fsp3) is 0.800. The van der Waals surface area contributed by atoms with E-state index in [9.17, 15) is 0 Å². The van der Waals surface area contributed by atoms with E-state index in [-0.39, 0.29) is 5.54 Å². The Kier molecular flexibility index (Phi) is 3.02. The molecule has 0 radical (unpaired) electrons. The molecule has 2 aliphatic carbocycles. The number of nitrogens with zero attached hydrogens (tertiary/aromatic N) is 1. The maximum absolute atomic E-state index is 4.99. The molecule has 3 heteroatoms. The van der Waals surface area contributed by atoms with Crippen LogP contribution >= 0.6 is 11.3 Å². The van der Waals surface area contributed by atoms with Crippen LogP contribution in [-0.4, -0.2) is 11.5 Å². The molecule has 0 aromatic carbocycles. The molecule has 2 aliphatic rings. The molecule has 3 rings (SSSR count). The smallest absolute Gasteiger partial charge is 0.113 e. The van der Waals surface area contributed by atoms with E-state index in [4.69, 9.17) is 4.98 Å². The highest BCUT2D eigenvalue weighted by Gasteiger charge is 2.46. The van der Waals surface area contributed by atoms with E-state index < -0.39 is 0 Å². The second-order valence-electron chi connectivity index (χ2n) is 6.70. The van der Waals surface area contributed by atoms with Gasteiger partial charge in [0.2, 0.25) is 0 Å². The summed E-state index contributed by atoms with van der Waals surface area (Å²) < 4.78 is 0. The van der Waals surface area contributed by atoms with Gasteiger partial charge in [-0.15, -0.1) is 11.3 Å². The van der Waals surface area contributed by atoms with Gasteiger partial charge in [0.25, 0.3) is 0 Å². The lowest BCUT2D eigenvalue weighted by Crippen LogP contribution is -2.40. The highest BCUT2D eigenvalue weighted by molar-refractivity contribution is 7.12. The van der Waals surface area contributed by atoms with Crippen LogP contribution in [0, 0.1) is 5.41 Å². The van der Waals surface area contributed by atoms with Crippen molar-refractivity contribution in [3.05, 3.63) is 15.6 Å². The molecule has 100 valence electrons. The molecule has 0 bridgehead atoms. The van der Waals surface area contributed by atoms with Crippen molar-refractivity contribution in [3.8, 4) is 0 Å². The average molecular weight is 264 g/mol. The SMILES string of the molecule is CCNC1(c2nc3c(s2)CCC3)CCC(C)(C)C1. The molecule has 1 aromatic rings. The first-order valence-corrected chi connectivity index (χ1v) is 8.10. The van der Waals surface area contributed by atoms with Crippen LogP contribution in [0.4, 0.5) is 0 Å². The summed E-state index contributed by atoms with van der Waals surface area (Å²) in [6, 6.07) is 0. The summed E-state index contributed by atoms with van der Waals surface area (Å²) in [4.78, 5) is 6.55. The maximum atomic E-state index is 4.99. The van der Waals surface area contributed by atoms with E-state index in [2.05, 4.69) is 26.1 Å². The third-order valence-corrected chi connectivity index (χ3v) is 5.89. The molecule has 18 heavy (non-hydrogen) atoms. The summed E-state index contributed by atoms with van der Waals surface area (Å²) in [6.45, 7) is 8.05. The van der Waals surface area contributed by atoms with Crippen LogP contribution in [0.1, 0.15) is 62.0 Å². The molecule has 1 unspecified atom stereocenters. The van der Waals surface area contributed by atoms with E-state index in [1.54, 1.807) is 4.88 Å². The van der Waals surface area contributed by atoms with Crippen molar-refractivity contribution in [1.82, 2.24) is 10.3 Å². The lowest BCUT2D eigenvalue weighted by Gasteiger charge is -2.30. The van der Waals surface area contributed by atoms with Gasteiger partial charge in [0, 0.05) is 4.88 Å². The topological polar surface area (TPSA) is 24.9 Å². The lowest BCUT2D eigenvalue weighted by atomic mass is 9.88. The van der Waals surface area contributed by atoms with Crippen LogP contribution in [0.3, 0.4) is 0 Å². The van der Waals surface area contributed by atoms with E-state index >= 15 is 0 Å². The monoisotopic (exact) mass is 264 g/mol. The molecule has 1 saturated carbocycles. The molecule has 0 amide bonds. The Bertz CT molecular complexity index is 428. The number of rotatable bonds is 3. The van der Waals surface area contributed by atoms with Crippen LogP contribution in [0.25, 0.3) is 0 Å². The van der Waals surface area contributed by atoms with Gasteiger partial charge in [-0.1, -0.05) is 20.8 Å². The zero-order chi connectivity index (χ0) is 12.8. The maximum Gasteiger partial charge on any atom is 0.113 e. The first kappa shape index (κ1) is 12.6. The Labute approximate surface area is 114 Å². The minimum Gasteiger partial charge on any atom is -0.306 e. The standard InChI is InChI=1S/C15H24N2S/c1-4-16-15(9-8-14(2,3)10-15)13-17-11-6-5-7-12(11)18-13/h16H,4-10H2,1-3H3. The van der Waals surface area contributed by atoms with Crippen molar-refractivity contribution >= 4 is 11.3 Å². The first-order chi connectivity index (χ1) is 8.55. The van der Waals surface area contributed by atoms with Crippen molar-refractivity contribution in [2.24, 2.45) is 5.41 Å². The van der Waals surface area contributed by atoms with Crippen LogP contribution in [0.2, 0.25) is 0 Å². The molecule has 0 saturated heterocycles. The Morgan fingerprint density at radius 1 is 1.28 bits per heavy atom. The predicted octanol–water partition coefficient (Wildman–Crippen LogP) is 3.65. The normalized spacial score (nSPS) is 29.7. The van der Waals surface area contributed by atoms with Gasteiger partial charge >= 0.3 is 0 Å². The molecular formula is C15H24N2S. The number of aryl methyl sites for hydroxylation is 2. The van der Waals surface area contributed by atoms with E-state index in [0.29, 0.717) is 5.41 Å². The van der Waals surface area contributed by atoms with Gasteiger partial charge in [-0.25, -0.2) is 4.98 Å². The fourth-order valence-electron chi connectivity index (χ4n) is 3.69. The molecule has 2 nitrogen and oxygen atoms in total. The third-order valence-electron chi connectivity index (χ3n) is 4.53. The average Bonchev–Trinajstić information content (AvgIpc) is 2.91. The third kappa shape index (κ3) is 2.01. The van der Waals surface area contributed by atoms with Crippen LogP contribution in [-0.2, 0) is 18.4 Å². The predicted molar refractivity (Wildman–Crippen MR) is 77.1 cm³/mol. The molecule has 1 fully saturated rings. The number of thiazole rings is 1. The summed E-state index contributed by atoms with van der Waals surface area (Å²) in [5.41, 5.74) is 2.03. The van der Waals surface area contributed by atoms with E-state index in [1.165, 1.54) is 49.2 Å². The number of hydrogen-bond donors (Lipinski definition) is 1. The quantitative estimate of drug-likeness (QED) is 0.901. The lowest BCUT2D eigenvalue weighted by molar-refractivity contribution is 0.292. The zero-order valence-electron chi connectivity index (χ0n) is 11.8. The van der Waals surface area contributed by atoms with Gasteiger partial charge in [0.1, 0.15) is 5.01 Å². The second-order valence-corrected chi connectivity index (χ2v) is 7.78. The van der Waals surface area contributed by atoms with Crippen molar-refractivity contribution < 1.29 is 0 Å². The number of fused-ring (bicyclic) bond motifs is 1. The van der Waals surface area contributed by atoms with Crippen molar-refractivity contribution in [1.29, 1.82) is 0 Å². The summed E-state index contributed by atoms with van der Waals surface area (Å²) >= 11 is 1.99. The van der Waals surface area contributed by atoms with Gasteiger partial charge < -0.3 is 5.32 Å². The minimum atomic E-state index is 0.174. The largest absolute Gasteiger partial charge is 0.306 e. The molecule has 1 aromatic heterocycles.